The average molecular weight is 330 g/mol. The van der Waals surface area contributed by atoms with E-state index >= 15 is 0 Å². The van der Waals surface area contributed by atoms with Gasteiger partial charge < -0.3 is 10.8 Å². The van der Waals surface area contributed by atoms with Crippen molar-refractivity contribution < 1.29 is 5.11 Å². The van der Waals surface area contributed by atoms with Crippen molar-refractivity contribution in [3.63, 3.8) is 0 Å². The summed E-state index contributed by atoms with van der Waals surface area (Å²) in [6.07, 6.45) is 7.83. The Morgan fingerprint density at radius 2 is 1.87 bits per heavy atom. The third-order valence-electron chi connectivity index (χ3n) is 5.02. The molecule has 3 heteroatoms. The molecule has 1 heterocycles. The maximum Gasteiger partial charge on any atom is 0.0611 e. The lowest BCUT2D eigenvalue weighted by Crippen LogP contribution is -2.40. The van der Waals surface area contributed by atoms with E-state index in [4.69, 9.17) is 5.73 Å². The van der Waals surface area contributed by atoms with E-state index in [1.165, 1.54) is 41.0 Å². The van der Waals surface area contributed by atoms with Gasteiger partial charge in [-0.2, -0.15) is 0 Å². The molecule has 2 atom stereocenters. The van der Waals surface area contributed by atoms with Crippen LogP contribution in [-0.2, 0) is 12.8 Å². The molecule has 1 aromatic heterocycles. The molecule has 2 nitrogen and oxygen atoms in total. The molecule has 0 unspecified atom stereocenters. The summed E-state index contributed by atoms with van der Waals surface area (Å²) in [6, 6.07) is 15.3. The summed E-state index contributed by atoms with van der Waals surface area (Å²) in [4.78, 5) is 2.95. The molecule has 23 heavy (non-hydrogen) atoms. The van der Waals surface area contributed by atoms with Gasteiger partial charge in [0.1, 0.15) is 0 Å². The molecule has 0 spiro atoms. The highest BCUT2D eigenvalue weighted by molar-refractivity contribution is 7.12. The molecule has 1 aliphatic rings. The molecule has 0 aliphatic heterocycles. The van der Waals surface area contributed by atoms with Crippen LogP contribution >= 0.6 is 11.3 Å². The third kappa shape index (κ3) is 4.43. The smallest absolute Gasteiger partial charge is 0.0611 e. The first-order valence-corrected chi connectivity index (χ1v) is 9.52. The van der Waals surface area contributed by atoms with E-state index in [0.717, 1.165) is 19.3 Å². The van der Waals surface area contributed by atoms with E-state index < -0.39 is 0 Å². The van der Waals surface area contributed by atoms with Crippen LogP contribution in [0.4, 0.5) is 0 Å². The third-order valence-corrected chi connectivity index (χ3v) is 6.33. The van der Waals surface area contributed by atoms with Crippen LogP contribution in [0.15, 0.2) is 42.5 Å². The highest BCUT2D eigenvalue weighted by atomic mass is 32.1. The van der Waals surface area contributed by atoms with Crippen LogP contribution in [0.2, 0.25) is 0 Å². The summed E-state index contributed by atoms with van der Waals surface area (Å²) < 4.78 is 0. The number of aliphatic hydroxyl groups excluding tert-OH is 1. The maximum absolute atomic E-state index is 9.41. The second kappa shape index (κ2) is 7.61. The minimum atomic E-state index is -0.343. The van der Waals surface area contributed by atoms with Crippen molar-refractivity contribution in [3.05, 3.63) is 57.8 Å². The summed E-state index contributed by atoms with van der Waals surface area (Å²) in [5.41, 5.74) is 7.30. The van der Waals surface area contributed by atoms with E-state index in [-0.39, 0.29) is 12.1 Å². The van der Waals surface area contributed by atoms with Gasteiger partial charge in [-0.25, -0.2) is 0 Å². The fourth-order valence-electron chi connectivity index (χ4n) is 3.56. The van der Waals surface area contributed by atoms with Gasteiger partial charge in [0.05, 0.1) is 6.61 Å². The number of hydrogen-bond donors (Lipinski definition) is 2. The van der Waals surface area contributed by atoms with Gasteiger partial charge in [-0.1, -0.05) is 30.3 Å². The van der Waals surface area contributed by atoms with Gasteiger partial charge >= 0.3 is 0 Å². The number of benzene rings is 1. The number of aliphatic hydroxyl groups is 1. The highest BCUT2D eigenvalue weighted by Gasteiger charge is 2.36. The van der Waals surface area contributed by atoms with Crippen LogP contribution in [0.1, 0.15) is 53.3 Å². The Balaban J connectivity index is 1.45. The van der Waals surface area contributed by atoms with Gasteiger partial charge in [0, 0.05) is 15.3 Å². The molecule has 124 valence electrons. The topological polar surface area (TPSA) is 46.2 Å². The Labute approximate surface area is 143 Å². The van der Waals surface area contributed by atoms with Crippen LogP contribution in [0.25, 0.3) is 0 Å². The molecular weight excluding hydrogens is 302 g/mol. The van der Waals surface area contributed by atoms with Crippen LogP contribution < -0.4 is 5.73 Å². The van der Waals surface area contributed by atoms with Crippen molar-refractivity contribution in [3.8, 4) is 0 Å². The van der Waals surface area contributed by atoms with Crippen LogP contribution in [0, 0.1) is 0 Å². The van der Waals surface area contributed by atoms with Crippen molar-refractivity contribution in [2.24, 2.45) is 5.73 Å². The minimum absolute atomic E-state index is 0.112. The molecule has 1 fully saturated rings. The Bertz CT molecular complexity index is 609. The van der Waals surface area contributed by atoms with Crippen molar-refractivity contribution in [2.75, 3.05) is 6.61 Å². The van der Waals surface area contributed by atoms with Crippen LogP contribution in [0.5, 0.6) is 0 Å². The molecule has 0 bridgehead atoms. The van der Waals surface area contributed by atoms with Crippen molar-refractivity contribution in [2.45, 2.75) is 56.4 Å². The second-order valence-corrected chi connectivity index (χ2v) is 8.16. The zero-order valence-corrected chi connectivity index (χ0v) is 14.5. The number of hydrogen-bond acceptors (Lipinski definition) is 3. The monoisotopic (exact) mass is 329 g/mol. The number of aryl methyl sites for hydroxylation is 2. The first kappa shape index (κ1) is 16.7. The summed E-state index contributed by atoms with van der Waals surface area (Å²) in [6.45, 7) is 0.112. The molecule has 3 N–H and O–H groups in total. The minimum Gasteiger partial charge on any atom is -0.394 e. The SMILES string of the molecule is N[C@]1(CO)CC[C@H](c2ccc(CCCCc3ccccc3)s2)C1. The van der Waals surface area contributed by atoms with E-state index in [1.54, 1.807) is 0 Å². The first-order valence-electron chi connectivity index (χ1n) is 8.71. The largest absolute Gasteiger partial charge is 0.394 e. The predicted molar refractivity (Wildman–Crippen MR) is 98.0 cm³/mol. The molecule has 0 saturated heterocycles. The number of rotatable bonds is 7. The van der Waals surface area contributed by atoms with Gasteiger partial charge in [-0.05, 0) is 68.6 Å². The number of thiophene rings is 1. The summed E-state index contributed by atoms with van der Waals surface area (Å²) in [7, 11) is 0. The normalized spacial score (nSPS) is 24.2. The predicted octanol–water partition coefficient (Wildman–Crippen LogP) is 4.27. The summed E-state index contributed by atoms with van der Waals surface area (Å²) >= 11 is 1.95. The van der Waals surface area contributed by atoms with E-state index in [1.807, 2.05) is 11.3 Å². The molecule has 1 aliphatic carbocycles. The van der Waals surface area contributed by atoms with Gasteiger partial charge in [-0.3, -0.25) is 0 Å². The van der Waals surface area contributed by atoms with E-state index in [9.17, 15) is 5.11 Å². The molecule has 1 saturated carbocycles. The van der Waals surface area contributed by atoms with Gasteiger partial charge in [0.2, 0.25) is 0 Å². The van der Waals surface area contributed by atoms with Crippen molar-refractivity contribution in [1.29, 1.82) is 0 Å². The van der Waals surface area contributed by atoms with E-state index in [2.05, 4.69) is 42.5 Å². The standard InChI is InChI=1S/C20H27NOS/c21-20(15-22)13-12-17(14-20)19-11-10-18(23-19)9-5-4-8-16-6-2-1-3-7-16/h1-3,6-7,10-11,17,22H,4-5,8-9,12-15,21H2/t17-,20+/m0/s1. The zero-order valence-electron chi connectivity index (χ0n) is 13.7. The Morgan fingerprint density at radius 3 is 2.61 bits per heavy atom. The average Bonchev–Trinajstić information content (AvgIpc) is 3.20. The number of nitrogens with two attached hydrogens (primary N) is 1. The first-order chi connectivity index (χ1) is 11.2. The molecular formula is C20H27NOS. The molecule has 3 rings (SSSR count). The van der Waals surface area contributed by atoms with Crippen LogP contribution in [-0.4, -0.2) is 17.3 Å². The van der Waals surface area contributed by atoms with Gasteiger partial charge in [-0.15, -0.1) is 11.3 Å². The molecule has 0 radical (unpaired) electrons. The summed E-state index contributed by atoms with van der Waals surface area (Å²) in [5, 5.41) is 9.41. The molecule has 0 amide bonds. The molecule has 1 aromatic carbocycles. The van der Waals surface area contributed by atoms with Gasteiger partial charge in [0.25, 0.3) is 0 Å². The maximum atomic E-state index is 9.41. The second-order valence-electron chi connectivity index (χ2n) is 6.96. The fourth-order valence-corrected chi connectivity index (χ4v) is 4.75. The summed E-state index contributed by atoms with van der Waals surface area (Å²) in [5.74, 6) is 0.551. The van der Waals surface area contributed by atoms with Gasteiger partial charge in [0.15, 0.2) is 0 Å². The zero-order chi connectivity index (χ0) is 16.1. The Morgan fingerprint density at radius 1 is 1.09 bits per heavy atom. The molecule has 2 aromatic rings. The lowest BCUT2D eigenvalue weighted by molar-refractivity contribution is 0.198. The van der Waals surface area contributed by atoms with Crippen LogP contribution in [0.3, 0.4) is 0 Å². The Kier molecular flexibility index (Phi) is 5.52. The van der Waals surface area contributed by atoms with E-state index in [0.29, 0.717) is 5.92 Å². The lowest BCUT2D eigenvalue weighted by Gasteiger charge is -2.20. The highest BCUT2D eigenvalue weighted by Crippen LogP contribution is 2.42. The Hall–Kier alpha value is -1.16. The van der Waals surface area contributed by atoms with Crippen molar-refractivity contribution in [1.82, 2.24) is 0 Å². The number of unbranched alkanes of at least 4 members (excludes halogenated alkanes) is 1. The quantitative estimate of drug-likeness (QED) is 0.745. The fraction of sp³-hybridized carbons (Fsp3) is 0.500. The van der Waals surface area contributed by atoms with Crippen molar-refractivity contribution >= 4 is 11.3 Å². The lowest BCUT2D eigenvalue weighted by atomic mass is 9.98.